The van der Waals surface area contributed by atoms with E-state index in [9.17, 15) is 8.42 Å². The van der Waals surface area contributed by atoms with E-state index in [0.29, 0.717) is 5.56 Å². The first-order valence-corrected chi connectivity index (χ1v) is 7.56. The molecule has 0 aliphatic carbocycles. The van der Waals surface area contributed by atoms with Crippen LogP contribution < -0.4 is 9.46 Å². The summed E-state index contributed by atoms with van der Waals surface area (Å²) in [6.07, 6.45) is 0. The number of hydrogen-bond acceptors (Lipinski definition) is 5. The minimum absolute atomic E-state index is 0.0316. The quantitative estimate of drug-likeness (QED) is 0.781. The van der Waals surface area contributed by atoms with E-state index in [1.807, 2.05) is 0 Å². The molecule has 20 heavy (non-hydrogen) atoms. The lowest BCUT2D eigenvalue weighted by molar-refractivity contribution is 0.0276. The number of aliphatic hydroxyl groups excluding tert-OH is 1. The lowest BCUT2D eigenvalue weighted by Crippen LogP contribution is -2.39. The molecule has 2 N–H and O–H groups in total. The maximum atomic E-state index is 12.3. The molecule has 0 amide bonds. The van der Waals surface area contributed by atoms with Gasteiger partial charge in [0.15, 0.2) is 0 Å². The molecule has 0 aliphatic rings. The minimum Gasteiger partial charge on any atom is -0.495 e. The van der Waals surface area contributed by atoms with Crippen LogP contribution in [0.4, 0.5) is 0 Å². The number of hydrogen-bond donors (Lipinski definition) is 2. The van der Waals surface area contributed by atoms with Crippen LogP contribution in [0.3, 0.4) is 0 Å². The van der Waals surface area contributed by atoms with Crippen molar-refractivity contribution < 1.29 is 23.0 Å². The Morgan fingerprint density at radius 3 is 2.45 bits per heavy atom. The number of rotatable bonds is 7. The van der Waals surface area contributed by atoms with Crippen LogP contribution in [0.1, 0.15) is 19.4 Å². The number of sulfonamides is 1. The SMILES string of the molecule is COc1cc(CO)ccc1S(=O)(=O)NCC(C)(C)OC. The second kappa shape index (κ2) is 6.53. The Hall–Kier alpha value is -1.15. The Balaban J connectivity index is 3.03. The van der Waals surface area contributed by atoms with E-state index in [2.05, 4.69) is 4.72 Å². The van der Waals surface area contributed by atoms with Gasteiger partial charge >= 0.3 is 0 Å². The molecule has 0 aliphatic heterocycles. The topological polar surface area (TPSA) is 84.9 Å². The fraction of sp³-hybridized carbons (Fsp3) is 0.538. The van der Waals surface area contributed by atoms with Gasteiger partial charge in [0.05, 0.1) is 19.3 Å². The third kappa shape index (κ3) is 4.17. The summed E-state index contributed by atoms with van der Waals surface area (Å²) in [5, 5.41) is 9.06. The van der Waals surface area contributed by atoms with Crippen molar-refractivity contribution in [1.29, 1.82) is 0 Å². The van der Waals surface area contributed by atoms with Crippen molar-refractivity contribution in [3.05, 3.63) is 23.8 Å². The number of ether oxygens (including phenoxy) is 2. The molecule has 0 unspecified atom stereocenters. The number of aliphatic hydroxyl groups is 1. The lowest BCUT2D eigenvalue weighted by atomic mass is 10.1. The molecule has 7 heteroatoms. The summed E-state index contributed by atoms with van der Waals surface area (Å²) < 4.78 is 37.3. The van der Waals surface area contributed by atoms with E-state index in [0.717, 1.165) is 0 Å². The molecule has 0 saturated carbocycles. The first-order chi connectivity index (χ1) is 9.25. The number of nitrogens with one attached hydrogen (secondary N) is 1. The lowest BCUT2D eigenvalue weighted by Gasteiger charge is -2.23. The van der Waals surface area contributed by atoms with E-state index < -0.39 is 15.6 Å². The van der Waals surface area contributed by atoms with Crippen LogP contribution in [-0.4, -0.2) is 39.9 Å². The average Bonchev–Trinajstić information content (AvgIpc) is 2.44. The number of benzene rings is 1. The van der Waals surface area contributed by atoms with E-state index in [-0.39, 0.29) is 23.8 Å². The van der Waals surface area contributed by atoms with Crippen molar-refractivity contribution in [2.45, 2.75) is 31.0 Å². The summed E-state index contributed by atoms with van der Waals surface area (Å²) in [4.78, 5) is 0.0316. The van der Waals surface area contributed by atoms with Crippen molar-refractivity contribution in [3.63, 3.8) is 0 Å². The zero-order valence-electron chi connectivity index (χ0n) is 12.1. The molecule has 1 aromatic rings. The van der Waals surface area contributed by atoms with Crippen LogP contribution in [0.15, 0.2) is 23.1 Å². The van der Waals surface area contributed by atoms with Gasteiger partial charge in [0, 0.05) is 13.7 Å². The highest BCUT2D eigenvalue weighted by atomic mass is 32.2. The van der Waals surface area contributed by atoms with E-state index in [1.165, 1.54) is 26.4 Å². The Morgan fingerprint density at radius 2 is 1.95 bits per heavy atom. The van der Waals surface area contributed by atoms with Crippen molar-refractivity contribution in [3.8, 4) is 5.75 Å². The first-order valence-electron chi connectivity index (χ1n) is 6.08. The second-order valence-electron chi connectivity index (χ2n) is 4.93. The molecule has 0 radical (unpaired) electrons. The highest BCUT2D eigenvalue weighted by Crippen LogP contribution is 2.25. The van der Waals surface area contributed by atoms with Gasteiger partial charge in [0.2, 0.25) is 10.0 Å². The standard InChI is InChI=1S/C13H21NO5S/c1-13(2,19-4)9-14-20(16,17)12-6-5-10(8-15)7-11(12)18-3/h5-7,14-15H,8-9H2,1-4H3. The maximum absolute atomic E-state index is 12.3. The molecule has 0 spiro atoms. The van der Waals surface area contributed by atoms with Gasteiger partial charge in [-0.3, -0.25) is 0 Å². The Labute approximate surface area is 119 Å². The van der Waals surface area contributed by atoms with Crippen LogP contribution >= 0.6 is 0 Å². The van der Waals surface area contributed by atoms with Gasteiger partial charge in [-0.2, -0.15) is 0 Å². The predicted octanol–water partition coefficient (Wildman–Crippen LogP) is 0.891. The summed E-state index contributed by atoms with van der Waals surface area (Å²) in [6, 6.07) is 4.45. The van der Waals surface area contributed by atoms with Crippen LogP contribution in [0.25, 0.3) is 0 Å². The highest BCUT2D eigenvalue weighted by molar-refractivity contribution is 7.89. The fourth-order valence-electron chi connectivity index (χ4n) is 1.45. The monoisotopic (exact) mass is 303 g/mol. The van der Waals surface area contributed by atoms with Gasteiger partial charge in [-0.1, -0.05) is 6.07 Å². The zero-order valence-corrected chi connectivity index (χ0v) is 13.0. The third-order valence-electron chi connectivity index (χ3n) is 2.94. The average molecular weight is 303 g/mol. The highest BCUT2D eigenvalue weighted by Gasteiger charge is 2.24. The van der Waals surface area contributed by atoms with Gasteiger partial charge in [0.25, 0.3) is 0 Å². The molecule has 0 saturated heterocycles. The van der Waals surface area contributed by atoms with Crippen molar-refractivity contribution in [2.24, 2.45) is 0 Å². The smallest absolute Gasteiger partial charge is 0.244 e. The number of methoxy groups -OCH3 is 2. The van der Waals surface area contributed by atoms with Crippen LogP contribution in [0.5, 0.6) is 5.75 Å². The molecule has 0 aromatic heterocycles. The Bertz CT molecular complexity index is 554. The third-order valence-corrected chi connectivity index (χ3v) is 4.38. The second-order valence-corrected chi connectivity index (χ2v) is 6.67. The Morgan fingerprint density at radius 1 is 1.30 bits per heavy atom. The molecule has 0 heterocycles. The van der Waals surface area contributed by atoms with Crippen molar-refractivity contribution in [2.75, 3.05) is 20.8 Å². The summed E-state index contributed by atoms with van der Waals surface area (Å²) >= 11 is 0. The molecule has 0 bridgehead atoms. The van der Waals surface area contributed by atoms with Crippen LogP contribution in [-0.2, 0) is 21.4 Å². The van der Waals surface area contributed by atoms with Crippen molar-refractivity contribution >= 4 is 10.0 Å². The Kier molecular flexibility index (Phi) is 5.52. The molecule has 1 aromatic carbocycles. The van der Waals surface area contributed by atoms with E-state index in [4.69, 9.17) is 14.6 Å². The molecule has 114 valence electrons. The molecule has 1 rings (SSSR count). The van der Waals surface area contributed by atoms with Crippen LogP contribution in [0.2, 0.25) is 0 Å². The predicted molar refractivity (Wildman–Crippen MR) is 75.2 cm³/mol. The van der Waals surface area contributed by atoms with E-state index >= 15 is 0 Å². The van der Waals surface area contributed by atoms with Crippen LogP contribution in [0, 0.1) is 0 Å². The van der Waals surface area contributed by atoms with Gasteiger partial charge in [-0.15, -0.1) is 0 Å². The largest absolute Gasteiger partial charge is 0.495 e. The van der Waals surface area contributed by atoms with Gasteiger partial charge in [-0.25, -0.2) is 13.1 Å². The summed E-state index contributed by atoms with van der Waals surface area (Å²) in [5.74, 6) is 0.194. The van der Waals surface area contributed by atoms with Gasteiger partial charge in [0.1, 0.15) is 10.6 Å². The fourth-order valence-corrected chi connectivity index (χ4v) is 2.80. The van der Waals surface area contributed by atoms with Crippen molar-refractivity contribution in [1.82, 2.24) is 4.72 Å². The molecule has 0 atom stereocenters. The summed E-state index contributed by atoms with van der Waals surface area (Å²) in [6.45, 7) is 3.51. The molecule has 0 fully saturated rings. The molecule has 6 nitrogen and oxygen atoms in total. The molecular formula is C13H21NO5S. The summed E-state index contributed by atoms with van der Waals surface area (Å²) in [7, 11) is -0.806. The summed E-state index contributed by atoms with van der Waals surface area (Å²) in [5.41, 5.74) is -0.0243. The normalized spacial score (nSPS) is 12.4. The first kappa shape index (κ1) is 16.9. The van der Waals surface area contributed by atoms with E-state index in [1.54, 1.807) is 19.9 Å². The van der Waals surface area contributed by atoms with Gasteiger partial charge in [-0.05, 0) is 31.5 Å². The molecular weight excluding hydrogens is 282 g/mol. The minimum atomic E-state index is -3.71. The maximum Gasteiger partial charge on any atom is 0.244 e. The zero-order chi connectivity index (χ0) is 15.4. The van der Waals surface area contributed by atoms with Gasteiger partial charge < -0.3 is 14.6 Å².